The van der Waals surface area contributed by atoms with E-state index in [4.69, 9.17) is 0 Å². The molecule has 0 saturated carbocycles. The van der Waals surface area contributed by atoms with Crippen molar-refractivity contribution >= 4 is 17.5 Å². The Balaban J connectivity index is 1.36. The number of Topliss-reactive ketones (excluding diaryl/α,β-unsaturated/α-hetero) is 1. The smallest absolute Gasteiger partial charge is 0.317 e. The van der Waals surface area contributed by atoms with Crippen LogP contribution in [0.15, 0.2) is 42.5 Å². The van der Waals surface area contributed by atoms with Gasteiger partial charge in [-0.2, -0.15) is 0 Å². The van der Waals surface area contributed by atoms with Crippen LogP contribution < -0.4 is 10.6 Å². The number of carbonyl (C=O) groups is 2. The van der Waals surface area contributed by atoms with Crippen LogP contribution in [0.25, 0.3) is 0 Å². The van der Waals surface area contributed by atoms with Gasteiger partial charge in [-0.05, 0) is 42.7 Å². The molecule has 1 radical (unpaired) electrons. The molecule has 0 aliphatic carbocycles. The molecule has 2 amide bonds. The molecule has 1 fully saturated rings. The number of nitrogens with one attached hydrogen (secondary N) is 2. The van der Waals surface area contributed by atoms with Crippen LogP contribution in [0.4, 0.5) is 14.9 Å². The molecule has 0 atom stereocenters. The van der Waals surface area contributed by atoms with E-state index < -0.39 is 5.82 Å². The number of carbonyl (C=O) groups excluding carboxylic acids is 2. The maximum Gasteiger partial charge on any atom is 0.317 e. The molecule has 4 rings (SSSR count). The summed E-state index contributed by atoms with van der Waals surface area (Å²) < 4.78 is 13.4. The molecular formula is C21H21FN3O2. The first-order valence-corrected chi connectivity index (χ1v) is 9.13. The van der Waals surface area contributed by atoms with Crippen molar-refractivity contribution in [1.29, 1.82) is 0 Å². The number of hydrogen-bond acceptors (Lipinski definition) is 3. The van der Waals surface area contributed by atoms with Gasteiger partial charge in [0.05, 0.1) is 0 Å². The van der Waals surface area contributed by atoms with Crippen molar-refractivity contribution in [2.75, 3.05) is 18.4 Å². The summed E-state index contributed by atoms with van der Waals surface area (Å²) in [4.78, 5) is 26.7. The van der Waals surface area contributed by atoms with Crippen LogP contribution in [0.1, 0.15) is 35.2 Å². The molecule has 2 heterocycles. The number of benzene rings is 2. The number of rotatable bonds is 2. The van der Waals surface area contributed by atoms with Gasteiger partial charge in [0.25, 0.3) is 0 Å². The van der Waals surface area contributed by atoms with Crippen molar-refractivity contribution in [2.24, 2.45) is 0 Å². The quantitative estimate of drug-likeness (QED) is 0.857. The lowest BCUT2D eigenvalue weighted by atomic mass is 9.78. The van der Waals surface area contributed by atoms with Crippen molar-refractivity contribution in [1.82, 2.24) is 10.2 Å². The van der Waals surface area contributed by atoms with Crippen LogP contribution in [0.3, 0.4) is 0 Å². The first-order valence-electron chi connectivity index (χ1n) is 9.13. The third-order valence-corrected chi connectivity index (χ3v) is 5.42. The molecular weight excluding hydrogens is 345 g/mol. The third kappa shape index (κ3) is 3.65. The van der Waals surface area contributed by atoms with E-state index >= 15 is 0 Å². The van der Waals surface area contributed by atoms with Crippen molar-refractivity contribution in [3.8, 4) is 0 Å². The van der Waals surface area contributed by atoms with Crippen molar-refractivity contribution in [2.45, 2.75) is 31.3 Å². The molecule has 2 aliphatic heterocycles. The Morgan fingerprint density at radius 2 is 1.96 bits per heavy atom. The van der Waals surface area contributed by atoms with Gasteiger partial charge in [-0.1, -0.05) is 24.3 Å². The number of likely N-dealkylation sites (tertiary alicyclic amines) is 1. The van der Waals surface area contributed by atoms with Gasteiger partial charge in [0.2, 0.25) is 0 Å². The molecule has 5 nitrogen and oxygen atoms in total. The van der Waals surface area contributed by atoms with Gasteiger partial charge in [0, 0.05) is 42.8 Å². The van der Waals surface area contributed by atoms with Crippen LogP contribution in [-0.4, -0.2) is 35.3 Å². The van der Waals surface area contributed by atoms with Gasteiger partial charge in [0.15, 0.2) is 5.78 Å². The van der Waals surface area contributed by atoms with Crippen molar-refractivity contribution in [3.05, 3.63) is 65.5 Å². The highest BCUT2D eigenvalue weighted by atomic mass is 19.1. The summed E-state index contributed by atoms with van der Waals surface area (Å²) in [6, 6.07) is 14.6. The van der Waals surface area contributed by atoms with Crippen LogP contribution in [0.2, 0.25) is 0 Å². The summed E-state index contributed by atoms with van der Waals surface area (Å²) in [5.74, 6) is -0.440. The highest BCUT2D eigenvalue weighted by molar-refractivity contribution is 6.04. The number of urea groups is 1. The second kappa shape index (κ2) is 7.02. The fraction of sp³-hybridized carbons (Fsp3) is 0.333. The molecule has 2 aliphatic rings. The number of amides is 2. The summed E-state index contributed by atoms with van der Waals surface area (Å²) in [5.41, 5.74) is 1.78. The van der Waals surface area contributed by atoms with Crippen LogP contribution in [0, 0.1) is 11.9 Å². The van der Waals surface area contributed by atoms with Crippen LogP contribution >= 0.6 is 0 Å². The average Bonchev–Trinajstić information content (AvgIpc) is 2.68. The minimum absolute atomic E-state index is 0.0398. The molecule has 0 bridgehead atoms. The Labute approximate surface area is 157 Å². The van der Waals surface area contributed by atoms with Gasteiger partial charge < -0.3 is 15.5 Å². The SMILES string of the molecule is O=C1CC2(CCN(C(=O)NCc3cc[c]cc3)CC2)Nc2ccc(F)cc21. The Hall–Kier alpha value is -2.89. The molecule has 0 unspecified atom stereocenters. The fourth-order valence-corrected chi connectivity index (χ4v) is 3.86. The maximum atomic E-state index is 13.4. The average molecular weight is 366 g/mol. The zero-order valence-corrected chi connectivity index (χ0v) is 14.9. The summed E-state index contributed by atoms with van der Waals surface area (Å²) in [6.45, 7) is 1.63. The number of hydrogen-bond donors (Lipinski definition) is 2. The van der Waals surface area contributed by atoms with E-state index in [1.54, 1.807) is 11.0 Å². The Kier molecular flexibility index (Phi) is 4.56. The van der Waals surface area contributed by atoms with Gasteiger partial charge in [-0.3, -0.25) is 4.79 Å². The normalized spacial score (nSPS) is 18.0. The summed E-state index contributed by atoms with van der Waals surface area (Å²) in [5, 5.41) is 6.37. The number of halogens is 1. The summed E-state index contributed by atoms with van der Waals surface area (Å²) >= 11 is 0. The maximum absolute atomic E-state index is 13.4. The molecule has 6 heteroatoms. The van der Waals surface area contributed by atoms with Crippen LogP contribution in [-0.2, 0) is 6.54 Å². The Morgan fingerprint density at radius 3 is 2.70 bits per heavy atom. The lowest BCUT2D eigenvalue weighted by Gasteiger charge is -2.45. The molecule has 1 spiro atoms. The lowest BCUT2D eigenvalue weighted by molar-refractivity contribution is 0.0915. The van der Waals surface area contributed by atoms with Gasteiger partial charge in [-0.15, -0.1) is 0 Å². The summed E-state index contributed by atoms with van der Waals surface area (Å²) in [7, 11) is 0. The fourth-order valence-electron chi connectivity index (χ4n) is 3.86. The third-order valence-electron chi connectivity index (χ3n) is 5.42. The first-order chi connectivity index (χ1) is 13.0. The van der Waals surface area contributed by atoms with E-state index in [1.165, 1.54) is 12.1 Å². The second-order valence-corrected chi connectivity index (χ2v) is 7.25. The molecule has 2 N–H and O–H groups in total. The minimum Gasteiger partial charge on any atom is -0.378 e. The molecule has 139 valence electrons. The van der Waals surface area contributed by atoms with E-state index in [-0.39, 0.29) is 17.4 Å². The van der Waals surface area contributed by atoms with Crippen LogP contribution in [0.5, 0.6) is 0 Å². The number of ketones is 1. The zero-order chi connectivity index (χ0) is 18.9. The Morgan fingerprint density at radius 1 is 1.22 bits per heavy atom. The van der Waals surface area contributed by atoms with Crippen molar-refractivity contribution < 1.29 is 14.0 Å². The zero-order valence-electron chi connectivity index (χ0n) is 14.9. The lowest BCUT2D eigenvalue weighted by Crippen LogP contribution is -2.55. The minimum atomic E-state index is -0.400. The molecule has 2 aromatic rings. The van der Waals surface area contributed by atoms with E-state index in [0.29, 0.717) is 50.1 Å². The van der Waals surface area contributed by atoms with E-state index in [0.717, 1.165) is 5.56 Å². The van der Waals surface area contributed by atoms with E-state index in [2.05, 4.69) is 16.7 Å². The predicted molar refractivity (Wildman–Crippen MR) is 100 cm³/mol. The van der Waals surface area contributed by atoms with E-state index in [1.807, 2.05) is 24.3 Å². The number of nitrogens with zero attached hydrogens (tertiary/aromatic N) is 1. The highest BCUT2D eigenvalue weighted by Gasteiger charge is 2.41. The molecule has 2 aromatic carbocycles. The molecule has 27 heavy (non-hydrogen) atoms. The van der Waals surface area contributed by atoms with Gasteiger partial charge in [0.1, 0.15) is 5.82 Å². The summed E-state index contributed by atoms with van der Waals surface area (Å²) in [6.07, 6.45) is 1.70. The number of fused-ring (bicyclic) bond motifs is 1. The predicted octanol–water partition coefficient (Wildman–Crippen LogP) is 3.37. The molecule has 1 saturated heterocycles. The Bertz CT molecular complexity index is 861. The van der Waals surface area contributed by atoms with Gasteiger partial charge >= 0.3 is 6.03 Å². The topological polar surface area (TPSA) is 61.4 Å². The first kappa shape index (κ1) is 17.5. The number of piperidine rings is 1. The van der Waals surface area contributed by atoms with Gasteiger partial charge in [-0.25, -0.2) is 9.18 Å². The largest absolute Gasteiger partial charge is 0.378 e. The van der Waals surface area contributed by atoms with Crippen molar-refractivity contribution in [3.63, 3.8) is 0 Å². The van der Waals surface area contributed by atoms with E-state index in [9.17, 15) is 14.0 Å². The monoisotopic (exact) mass is 366 g/mol. The second-order valence-electron chi connectivity index (χ2n) is 7.25. The standard InChI is InChI=1S/C21H21FN3O2/c22-16-6-7-18-17(12-16)19(26)13-21(24-18)8-10-25(11-9-21)20(27)23-14-15-4-2-1-3-5-15/h2-7,12,24H,8-11,13-14H2,(H,23,27). The highest BCUT2D eigenvalue weighted by Crippen LogP contribution is 2.37. The number of anilines is 1. The molecule has 0 aromatic heterocycles.